The first-order valence-electron chi connectivity index (χ1n) is 6.51. The van der Waals surface area contributed by atoms with Gasteiger partial charge in [-0.25, -0.2) is 0 Å². The molecule has 3 heterocycles. The van der Waals surface area contributed by atoms with Crippen LogP contribution in [0.4, 0.5) is 0 Å². The smallest absolute Gasteiger partial charge is 0.185 e. The Hall–Kier alpha value is -0.870. The molecule has 2 saturated heterocycles. The number of carbonyl (C=O) groups excluding carboxylic acids is 1. The van der Waals surface area contributed by atoms with Gasteiger partial charge in [-0.15, -0.1) is 0 Å². The normalized spacial score (nSPS) is 31.8. The lowest BCUT2D eigenvalue weighted by atomic mass is 9.86. The molecule has 0 radical (unpaired) electrons. The van der Waals surface area contributed by atoms with Crippen molar-refractivity contribution < 1.29 is 4.79 Å². The van der Waals surface area contributed by atoms with Gasteiger partial charge in [0.1, 0.15) is 5.69 Å². The van der Waals surface area contributed by atoms with Crippen molar-refractivity contribution in [3.63, 3.8) is 0 Å². The summed E-state index contributed by atoms with van der Waals surface area (Å²) in [5.41, 5.74) is 0.575. The summed E-state index contributed by atoms with van der Waals surface area (Å²) in [6.45, 7) is 0. The second-order valence-electron chi connectivity index (χ2n) is 5.55. The first-order valence-corrected chi connectivity index (χ1v) is 6.89. The number of piperidine rings is 1. The van der Waals surface area contributed by atoms with E-state index < -0.39 is 0 Å². The monoisotopic (exact) mass is 267 g/mol. The van der Waals surface area contributed by atoms with Crippen LogP contribution >= 0.6 is 11.6 Å². The van der Waals surface area contributed by atoms with E-state index in [-0.39, 0.29) is 11.7 Å². The van der Waals surface area contributed by atoms with Gasteiger partial charge in [0.15, 0.2) is 5.78 Å². The summed E-state index contributed by atoms with van der Waals surface area (Å²) in [4.78, 5) is 15.0. The molecule has 0 spiro atoms. The lowest BCUT2D eigenvalue weighted by Gasteiger charge is -2.35. The summed E-state index contributed by atoms with van der Waals surface area (Å²) in [6.07, 6.45) is 5.94. The number of Topliss-reactive ketones (excluding diaryl/α,β-unsaturated/α-hetero) is 1. The molecule has 2 atom stereocenters. The molecule has 4 nitrogen and oxygen atoms in total. The lowest BCUT2D eigenvalue weighted by molar-refractivity contribution is 0.0758. The second kappa shape index (κ2) is 4.35. The maximum absolute atomic E-state index is 12.6. The van der Waals surface area contributed by atoms with Gasteiger partial charge >= 0.3 is 0 Å². The van der Waals surface area contributed by atoms with Gasteiger partial charge in [-0.2, -0.15) is 5.10 Å². The van der Waals surface area contributed by atoms with Crippen molar-refractivity contribution in [3.8, 4) is 0 Å². The molecule has 1 aromatic rings. The predicted octanol–water partition coefficient (Wildman–Crippen LogP) is 2.13. The number of aromatic nitrogens is 2. The molecule has 2 fully saturated rings. The standard InChI is InChI=1S/C13H18ClN3O/c1-16-9-3-4-10(16)6-8(5-9)13(18)12-11(14)7-15-17(12)2/h7-10H,3-6H2,1-2H3. The highest BCUT2D eigenvalue weighted by Gasteiger charge is 2.41. The van der Waals surface area contributed by atoms with Gasteiger partial charge < -0.3 is 4.90 Å². The molecule has 1 aromatic heterocycles. The zero-order chi connectivity index (χ0) is 12.9. The van der Waals surface area contributed by atoms with Crippen molar-refractivity contribution in [3.05, 3.63) is 16.9 Å². The summed E-state index contributed by atoms with van der Waals surface area (Å²) in [7, 11) is 3.96. The van der Waals surface area contributed by atoms with E-state index in [1.54, 1.807) is 17.9 Å². The number of nitrogens with zero attached hydrogens (tertiary/aromatic N) is 3. The highest BCUT2D eigenvalue weighted by Crippen LogP contribution is 2.39. The number of hydrogen-bond acceptors (Lipinski definition) is 3. The molecule has 2 aliphatic rings. The molecule has 0 aromatic carbocycles. The average molecular weight is 268 g/mol. The van der Waals surface area contributed by atoms with E-state index in [9.17, 15) is 4.79 Å². The number of halogens is 1. The minimum atomic E-state index is 0.117. The van der Waals surface area contributed by atoms with Crippen LogP contribution in [0.25, 0.3) is 0 Å². The van der Waals surface area contributed by atoms with Gasteiger partial charge in [-0.1, -0.05) is 11.6 Å². The van der Waals surface area contributed by atoms with E-state index >= 15 is 0 Å². The van der Waals surface area contributed by atoms with Crippen LogP contribution in [0, 0.1) is 5.92 Å². The van der Waals surface area contributed by atoms with Crippen LogP contribution in [0.2, 0.25) is 5.02 Å². The molecule has 98 valence electrons. The van der Waals surface area contributed by atoms with Crippen molar-refractivity contribution in [1.82, 2.24) is 14.7 Å². The summed E-state index contributed by atoms with van der Waals surface area (Å²) >= 11 is 6.06. The zero-order valence-electron chi connectivity index (χ0n) is 10.8. The Kier molecular flexibility index (Phi) is 2.94. The van der Waals surface area contributed by atoms with E-state index in [2.05, 4.69) is 17.0 Å². The maximum atomic E-state index is 12.6. The zero-order valence-corrected chi connectivity index (χ0v) is 11.5. The molecule has 3 rings (SSSR count). The van der Waals surface area contributed by atoms with E-state index in [1.807, 2.05) is 0 Å². The molecule has 2 bridgehead atoms. The Morgan fingerprint density at radius 2 is 1.94 bits per heavy atom. The molecule has 0 saturated carbocycles. The summed E-state index contributed by atoms with van der Waals surface area (Å²) < 4.78 is 1.60. The first kappa shape index (κ1) is 12.2. The third-order valence-corrected chi connectivity index (χ3v) is 4.87. The number of carbonyl (C=O) groups is 1. The largest absolute Gasteiger partial charge is 0.300 e. The minimum Gasteiger partial charge on any atom is -0.300 e. The Morgan fingerprint density at radius 3 is 2.44 bits per heavy atom. The van der Waals surface area contributed by atoms with Crippen LogP contribution in [0.1, 0.15) is 36.2 Å². The van der Waals surface area contributed by atoms with E-state index in [1.165, 1.54) is 12.8 Å². The van der Waals surface area contributed by atoms with Gasteiger partial charge in [-0.05, 0) is 32.7 Å². The van der Waals surface area contributed by atoms with Crippen LogP contribution in [-0.4, -0.2) is 39.6 Å². The second-order valence-corrected chi connectivity index (χ2v) is 5.95. The number of hydrogen-bond donors (Lipinski definition) is 0. The van der Waals surface area contributed by atoms with Crippen LogP contribution in [-0.2, 0) is 7.05 Å². The van der Waals surface area contributed by atoms with E-state index in [4.69, 9.17) is 11.6 Å². The number of rotatable bonds is 2. The molecular formula is C13H18ClN3O. The Bertz CT molecular complexity index is 451. The average Bonchev–Trinajstić information content (AvgIpc) is 2.76. The quantitative estimate of drug-likeness (QED) is 0.771. The fraction of sp³-hybridized carbons (Fsp3) is 0.692. The topological polar surface area (TPSA) is 38.1 Å². The Morgan fingerprint density at radius 1 is 1.33 bits per heavy atom. The van der Waals surface area contributed by atoms with Gasteiger partial charge in [0.2, 0.25) is 0 Å². The van der Waals surface area contributed by atoms with E-state index in [0.717, 1.165) is 12.8 Å². The molecule has 2 unspecified atom stereocenters. The molecule has 0 aliphatic carbocycles. The third-order valence-electron chi connectivity index (χ3n) is 4.60. The highest BCUT2D eigenvalue weighted by molar-refractivity contribution is 6.33. The molecule has 0 N–H and O–H groups in total. The van der Waals surface area contributed by atoms with Gasteiger partial charge in [-0.3, -0.25) is 9.48 Å². The molecule has 0 amide bonds. The highest BCUT2D eigenvalue weighted by atomic mass is 35.5. The Labute approximate surface area is 112 Å². The van der Waals surface area contributed by atoms with Crippen LogP contribution in [0.15, 0.2) is 6.20 Å². The minimum absolute atomic E-state index is 0.117. The third kappa shape index (κ3) is 1.79. The number of ketones is 1. The van der Waals surface area contributed by atoms with Crippen LogP contribution in [0.5, 0.6) is 0 Å². The van der Waals surface area contributed by atoms with Crippen molar-refractivity contribution in [2.24, 2.45) is 13.0 Å². The molecular weight excluding hydrogens is 250 g/mol. The molecule has 2 aliphatic heterocycles. The van der Waals surface area contributed by atoms with Crippen LogP contribution < -0.4 is 0 Å². The molecule has 5 heteroatoms. The lowest BCUT2D eigenvalue weighted by Crippen LogP contribution is -2.42. The fourth-order valence-corrected chi connectivity index (χ4v) is 3.77. The summed E-state index contributed by atoms with van der Waals surface area (Å²) in [5, 5.41) is 4.53. The Balaban J connectivity index is 1.83. The maximum Gasteiger partial charge on any atom is 0.185 e. The SMILES string of the molecule is CN1C2CCC1CC(C(=O)c1c(Cl)cnn1C)C2. The van der Waals surface area contributed by atoms with E-state index in [0.29, 0.717) is 22.8 Å². The van der Waals surface area contributed by atoms with Crippen LogP contribution in [0.3, 0.4) is 0 Å². The first-order chi connectivity index (χ1) is 8.58. The van der Waals surface area contributed by atoms with Gasteiger partial charge in [0, 0.05) is 25.0 Å². The van der Waals surface area contributed by atoms with Gasteiger partial charge in [0.05, 0.1) is 11.2 Å². The number of aryl methyl sites for hydroxylation is 1. The summed E-state index contributed by atoms with van der Waals surface area (Å²) in [6, 6.07) is 1.15. The van der Waals surface area contributed by atoms with Gasteiger partial charge in [0.25, 0.3) is 0 Å². The molecule has 18 heavy (non-hydrogen) atoms. The van der Waals surface area contributed by atoms with Crippen molar-refractivity contribution >= 4 is 17.4 Å². The van der Waals surface area contributed by atoms with Crippen molar-refractivity contribution in [2.45, 2.75) is 37.8 Å². The summed E-state index contributed by atoms with van der Waals surface area (Å²) in [5.74, 6) is 0.289. The van der Waals surface area contributed by atoms with Crippen molar-refractivity contribution in [2.75, 3.05) is 7.05 Å². The predicted molar refractivity (Wildman–Crippen MR) is 69.8 cm³/mol. The van der Waals surface area contributed by atoms with Crippen molar-refractivity contribution in [1.29, 1.82) is 0 Å². The number of fused-ring (bicyclic) bond motifs is 2. The fourth-order valence-electron chi connectivity index (χ4n) is 3.51.